The molecule has 3 heterocycles. The number of nitrogens with one attached hydrogen (secondary N) is 1. The van der Waals surface area contributed by atoms with Gasteiger partial charge in [-0.05, 0) is 74.8 Å². The second-order valence-electron chi connectivity index (χ2n) is 13.8. The molecule has 5 atom stereocenters. The number of aromatic nitrogens is 1. The smallest absolute Gasteiger partial charge is 0.274 e. The summed E-state index contributed by atoms with van der Waals surface area (Å²) in [6.07, 6.45) is 10.0. The first-order valence-electron chi connectivity index (χ1n) is 17.5. The molecular weight excluding hydrogens is 635 g/mol. The molecule has 9 heteroatoms. The lowest BCUT2D eigenvalue weighted by Gasteiger charge is -2.29. The maximum absolute atomic E-state index is 14.6. The summed E-state index contributed by atoms with van der Waals surface area (Å²) in [5, 5.41) is 0.534. The Morgan fingerprint density at radius 1 is 1.02 bits per heavy atom. The third-order valence-corrected chi connectivity index (χ3v) is 11.2. The average Bonchev–Trinajstić information content (AvgIpc) is 3.41. The minimum atomic E-state index is -0.926. The van der Waals surface area contributed by atoms with Crippen molar-refractivity contribution >= 4 is 39.2 Å². The highest BCUT2D eigenvalue weighted by molar-refractivity contribution is 7.20. The Kier molecular flexibility index (Phi) is 9.80. The number of ketones is 1. The highest BCUT2D eigenvalue weighted by Crippen LogP contribution is 2.57. The number of hydrogen-bond donors (Lipinski definition) is 1. The molecule has 254 valence electrons. The van der Waals surface area contributed by atoms with Gasteiger partial charge in [0.1, 0.15) is 6.10 Å². The molecule has 1 saturated carbocycles. The maximum atomic E-state index is 14.6. The van der Waals surface area contributed by atoms with Crippen molar-refractivity contribution in [1.82, 2.24) is 15.4 Å². The molecule has 49 heavy (non-hydrogen) atoms. The minimum Gasteiger partial charge on any atom is -0.465 e. The van der Waals surface area contributed by atoms with Crippen LogP contribution in [0.1, 0.15) is 62.5 Å². The molecule has 1 aliphatic carbocycles. The van der Waals surface area contributed by atoms with Gasteiger partial charge in [-0.1, -0.05) is 96.5 Å². The van der Waals surface area contributed by atoms with Gasteiger partial charge in [-0.25, -0.2) is 4.98 Å². The van der Waals surface area contributed by atoms with Crippen LogP contribution in [0.15, 0.2) is 91.0 Å². The molecule has 0 radical (unpaired) electrons. The molecular formula is C40H43N3O5S. The Morgan fingerprint density at radius 3 is 2.69 bits per heavy atom. The number of nitrogens with zero attached hydrogens (tertiary/aromatic N) is 2. The number of allylic oxidation sites excluding steroid dienone is 2. The largest absolute Gasteiger partial charge is 0.465 e. The van der Waals surface area contributed by atoms with E-state index in [9.17, 15) is 14.4 Å². The van der Waals surface area contributed by atoms with Gasteiger partial charge in [0.15, 0.2) is 11.5 Å². The Balaban J connectivity index is 1.16. The first-order valence-corrected chi connectivity index (χ1v) is 18.3. The molecule has 2 aliphatic heterocycles. The lowest BCUT2D eigenvalue weighted by Crippen LogP contribution is -2.46. The highest BCUT2D eigenvalue weighted by Gasteiger charge is 2.61. The number of aryl methyl sites for hydroxylation is 1. The van der Waals surface area contributed by atoms with E-state index >= 15 is 0 Å². The van der Waals surface area contributed by atoms with Crippen molar-refractivity contribution in [3.8, 4) is 10.9 Å². The Labute approximate surface area is 291 Å². The molecule has 0 bridgehead atoms. The van der Waals surface area contributed by atoms with Crippen LogP contribution in [-0.2, 0) is 20.8 Å². The van der Waals surface area contributed by atoms with Gasteiger partial charge in [-0.2, -0.15) is 5.48 Å². The van der Waals surface area contributed by atoms with Crippen molar-refractivity contribution in [1.29, 1.82) is 0 Å². The lowest BCUT2D eigenvalue weighted by molar-refractivity contribution is -0.143. The predicted molar refractivity (Wildman–Crippen MR) is 190 cm³/mol. The summed E-state index contributed by atoms with van der Waals surface area (Å²) in [7, 11) is 0. The predicted octanol–water partition coefficient (Wildman–Crippen LogP) is 7.41. The number of hydroxylamine groups is 1. The number of Topliss-reactive ketones (excluding diaryl/α,β-unsaturated/α-hetero) is 1. The molecule has 7 rings (SSSR count). The number of thiazole rings is 1. The third kappa shape index (κ3) is 7.57. The van der Waals surface area contributed by atoms with Gasteiger partial charge < -0.3 is 14.5 Å². The van der Waals surface area contributed by atoms with Crippen LogP contribution < -0.4 is 15.1 Å². The molecule has 2 amide bonds. The SMILES string of the molecule is Cc1cccc(C[C@H]2CCCCC/C=C\[C@@H]3C[C@@]3(C(=O)NOc3ccccc3)CC(=O)[C@@H]3C[C@@H](Oc4nc5ccccc5s4)CN3C2=O)c1. The van der Waals surface area contributed by atoms with E-state index in [1.165, 1.54) is 11.3 Å². The van der Waals surface area contributed by atoms with Gasteiger partial charge in [-0.3, -0.25) is 14.4 Å². The van der Waals surface area contributed by atoms with Crippen LogP contribution in [-0.4, -0.2) is 46.2 Å². The van der Waals surface area contributed by atoms with Crippen LogP contribution in [0.25, 0.3) is 10.2 Å². The van der Waals surface area contributed by atoms with E-state index in [0.29, 0.717) is 36.8 Å². The molecule has 8 nitrogen and oxygen atoms in total. The average molecular weight is 678 g/mol. The van der Waals surface area contributed by atoms with Gasteiger partial charge in [0.05, 0.1) is 28.2 Å². The molecule has 2 fully saturated rings. The molecule has 3 aromatic carbocycles. The van der Waals surface area contributed by atoms with Crippen molar-refractivity contribution in [3.63, 3.8) is 0 Å². The number of para-hydroxylation sites is 2. The first-order chi connectivity index (χ1) is 23.9. The summed E-state index contributed by atoms with van der Waals surface area (Å²) in [6.45, 7) is 2.37. The zero-order valence-corrected chi connectivity index (χ0v) is 28.7. The van der Waals surface area contributed by atoms with E-state index in [1.54, 1.807) is 17.0 Å². The number of carbonyl (C=O) groups excluding carboxylic acids is 3. The number of amides is 2. The van der Waals surface area contributed by atoms with E-state index in [2.05, 4.69) is 47.7 Å². The fraction of sp³-hybridized carbons (Fsp3) is 0.400. The van der Waals surface area contributed by atoms with Crippen LogP contribution in [0.2, 0.25) is 0 Å². The number of hydrogen-bond acceptors (Lipinski definition) is 7. The minimum absolute atomic E-state index is 0.0125. The zero-order chi connectivity index (χ0) is 33.8. The fourth-order valence-corrected chi connectivity index (χ4v) is 8.37. The van der Waals surface area contributed by atoms with E-state index in [0.717, 1.165) is 53.4 Å². The van der Waals surface area contributed by atoms with Crippen molar-refractivity contribution in [2.45, 2.75) is 76.9 Å². The van der Waals surface area contributed by atoms with Crippen molar-refractivity contribution in [2.75, 3.05) is 6.54 Å². The zero-order valence-electron chi connectivity index (χ0n) is 27.9. The molecule has 1 N–H and O–H groups in total. The fourth-order valence-electron chi connectivity index (χ4n) is 7.49. The van der Waals surface area contributed by atoms with Crippen molar-refractivity contribution in [3.05, 3.63) is 102 Å². The number of benzene rings is 3. The summed E-state index contributed by atoms with van der Waals surface area (Å²) in [6, 6.07) is 24.6. The number of carbonyl (C=O) groups is 3. The van der Waals surface area contributed by atoms with Crippen LogP contribution in [0.5, 0.6) is 10.9 Å². The molecule has 0 spiro atoms. The van der Waals surface area contributed by atoms with Crippen LogP contribution in [0.3, 0.4) is 0 Å². The van der Waals surface area contributed by atoms with Crippen LogP contribution in [0.4, 0.5) is 0 Å². The van der Waals surface area contributed by atoms with Gasteiger partial charge >= 0.3 is 0 Å². The summed E-state index contributed by atoms with van der Waals surface area (Å²) in [4.78, 5) is 54.9. The van der Waals surface area contributed by atoms with E-state index in [1.807, 2.05) is 48.5 Å². The number of fused-ring (bicyclic) bond motifs is 3. The number of ether oxygens (including phenoxy) is 1. The topological polar surface area (TPSA) is 97.8 Å². The van der Waals surface area contributed by atoms with E-state index < -0.39 is 17.6 Å². The molecule has 4 aromatic rings. The molecule has 1 aromatic heterocycles. The van der Waals surface area contributed by atoms with E-state index in [-0.39, 0.29) is 35.9 Å². The summed E-state index contributed by atoms with van der Waals surface area (Å²) in [5.74, 6) is -0.246. The van der Waals surface area contributed by atoms with Gasteiger partial charge in [0.25, 0.3) is 11.1 Å². The normalized spacial score (nSPS) is 26.6. The number of rotatable bonds is 7. The van der Waals surface area contributed by atoms with Gasteiger partial charge in [-0.15, -0.1) is 0 Å². The Bertz CT molecular complexity index is 1810. The summed E-state index contributed by atoms with van der Waals surface area (Å²) >= 11 is 1.47. The quantitative estimate of drug-likeness (QED) is 0.162. The molecule has 0 unspecified atom stereocenters. The summed E-state index contributed by atoms with van der Waals surface area (Å²) < 4.78 is 7.44. The van der Waals surface area contributed by atoms with Crippen molar-refractivity contribution < 1.29 is 24.0 Å². The molecule has 3 aliphatic rings. The summed E-state index contributed by atoms with van der Waals surface area (Å²) in [5.41, 5.74) is 4.86. The lowest BCUT2D eigenvalue weighted by atomic mass is 9.89. The van der Waals surface area contributed by atoms with Crippen LogP contribution in [0, 0.1) is 24.2 Å². The molecule has 1 saturated heterocycles. The van der Waals surface area contributed by atoms with E-state index in [4.69, 9.17) is 9.57 Å². The monoisotopic (exact) mass is 677 g/mol. The highest BCUT2D eigenvalue weighted by atomic mass is 32.1. The second kappa shape index (κ2) is 14.5. The van der Waals surface area contributed by atoms with Gasteiger partial charge in [0.2, 0.25) is 5.91 Å². The second-order valence-corrected chi connectivity index (χ2v) is 14.8. The third-order valence-electron chi connectivity index (χ3n) is 10.2. The first kappa shape index (κ1) is 33.0. The Hall–Kier alpha value is -4.50. The van der Waals surface area contributed by atoms with Gasteiger partial charge in [0, 0.05) is 18.8 Å². The standard InChI is InChI=1S/C40H43N3O5S/c1-27-13-12-14-28(21-27)22-29-15-6-3-2-4-7-16-30-24-40(30,38(46)42-48-31-17-8-5-9-18-31)25-35(44)34-23-32(26-43(34)37(29)45)47-39-41-33-19-10-11-20-36(33)49-39/h5,7-14,16-21,29-30,32,34H,2-4,6,15,22-26H2,1H3,(H,42,46)/b16-7-/t29-,30-,32-,34+,40-/m1/s1. The Morgan fingerprint density at radius 2 is 1.86 bits per heavy atom. The van der Waals surface area contributed by atoms with Crippen molar-refractivity contribution in [2.24, 2.45) is 17.3 Å². The van der Waals surface area contributed by atoms with Crippen LogP contribution >= 0.6 is 11.3 Å². The maximum Gasteiger partial charge on any atom is 0.274 e.